The summed E-state index contributed by atoms with van der Waals surface area (Å²) in [5.74, 6) is 0.350. The lowest BCUT2D eigenvalue weighted by molar-refractivity contribution is 0.0950. The summed E-state index contributed by atoms with van der Waals surface area (Å²) < 4.78 is 5.54. The minimum Gasteiger partial charge on any atom is -0.493 e. The van der Waals surface area contributed by atoms with E-state index < -0.39 is 0 Å². The number of H-pyrrole nitrogens is 1. The van der Waals surface area contributed by atoms with Crippen LogP contribution in [0.2, 0.25) is 0 Å². The Morgan fingerprint density at radius 1 is 1.07 bits per heavy atom. The summed E-state index contributed by atoms with van der Waals surface area (Å²) in [5.41, 5.74) is 5.28. The van der Waals surface area contributed by atoms with Crippen molar-refractivity contribution in [3.63, 3.8) is 0 Å². The van der Waals surface area contributed by atoms with Gasteiger partial charge in [-0.3, -0.25) is 9.89 Å². The van der Waals surface area contributed by atoms with Crippen LogP contribution in [0.5, 0.6) is 5.75 Å². The molecule has 0 aliphatic rings. The molecule has 0 unspecified atom stereocenters. The van der Waals surface area contributed by atoms with Gasteiger partial charge in [0.1, 0.15) is 11.4 Å². The lowest BCUT2D eigenvalue weighted by Gasteiger charge is -2.05. The van der Waals surface area contributed by atoms with Gasteiger partial charge < -0.3 is 4.74 Å². The van der Waals surface area contributed by atoms with E-state index in [1.807, 2.05) is 61.5 Å². The highest BCUT2D eigenvalue weighted by atomic mass is 16.5. The van der Waals surface area contributed by atoms with E-state index in [9.17, 15) is 4.79 Å². The molecule has 0 aliphatic heterocycles. The predicted octanol–water partition coefficient (Wildman–Crippen LogP) is 4.39. The molecular formula is C23H20N4O2. The Balaban J connectivity index is 1.47. The molecule has 1 aromatic heterocycles. The second kappa shape index (κ2) is 8.39. The first kappa shape index (κ1) is 18.4. The molecule has 0 saturated carbocycles. The van der Waals surface area contributed by atoms with Gasteiger partial charge in [0.2, 0.25) is 0 Å². The van der Waals surface area contributed by atoms with Gasteiger partial charge in [0.05, 0.1) is 18.5 Å². The molecule has 3 aromatic carbocycles. The molecule has 2 N–H and O–H groups in total. The summed E-state index contributed by atoms with van der Waals surface area (Å²) >= 11 is 0. The molecule has 6 nitrogen and oxygen atoms in total. The van der Waals surface area contributed by atoms with Crippen LogP contribution >= 0.6 is 0 Å². The monoisotopic (exact) mass is 384 g/mol. The first-order valence-electron chi connectivity index (χ1n) is 9.34. The molecular weight excluding hydrogens is 364 g/mol. The molecule has 1 amide bonds. The number of benzene rings is 3. The van der Waals surface area contributed by atoms with Crippen LogP contribution in [-0.2, 0) is 0 Å². The third-order valence-corrected chi connectivity index (χ3v) is 4.46. The number of nitrogens with one attached hydrogen (secondary N) is 2. The van der Waals surface area contributed by atoms with Crippen molar-refractivity contribution in [3.05, 3.63) is 84.1 Å². The molecule has 4 aromatic rings. The van der Waals surface area contributed by atoms with Gasteiger partial charge in [0.15, 0.2) is 0 Å². The van der Waals surface area contributed by atoms with E-state index in [2.05, 4.69) is 32.9 Å². The quantitative estimate of drug-likeness (QED) is 0.382. The standard InChI is InChI=1S/C23H20N4O2/c1-2-29-22-10-6-5-9-19(22)15-24-27-23(28)21-14-20(25-26-21)18-12-11-16-7-3-4-8-17(16)13-18/h3-15H,2H2,1H3,(H,25,26)(H,27,28). The Morgan fingerprint density at radius 2 is 1.86 bits per heavy atom. The lowest BCUT2D eigenvalue weighted by Crippen LogP contribution is -2.18. The number of carbonyl (C=O) groups excluding carboxylic acids is 1. The normalized spacial score (nSPS) is 11.1. The fourth-order valence-electron chi connectivity index (χ4n) is 3.03. The van der Waals surface area contributed by atoms with Gasteiger partial charge in [-0.2, -0.15) is 10.2 Å². The zero-order valence-electron chi connectivity index (χ0n) is 15.9. The lowest BCUT2D eigenvalue weighted by atomic mass is 10.1. The van der Waals surface area contributed by atoms with Crippen molar-refractivity contribution in [1.29, 1.82) is 0 Å². The maximum atomic E-state index is 12.4. The molecule has 6 heteroatoms. The maximum Gasteiger partial charge on any atom is 0.289 e. The Hall–Kier alpha value is -3.93. The molecule has 0 saturated heterocycles. The zero-order chi connectivity index (χ0) is 20.1. The van der Waals surface area contributed by atoms with Gasteiger partial charge in [-0.1, -0.05) is 48.5 Å². The van der Waals surface area contributed by atoms with Crippen LogP contribution in [0.15, 0.2) is 77.9 Å². The van der Waals surface area contributed by atoms with Crippen molar-refractivity contribution in [3.8, 4) is 17.0 Å². The van der Waals surface area contributed by atoms with Crippen molar-refractivity contribution in [2.75, 3.05) is 6.61 Å². The molecule has 0 bridgehead atoms. The molecule has 0 aliphatic carbocycles. The summed E-state index contributed by atoms with van der Waals surface area (Å²) in [5, 5.41) is 13.3. The fourth-order valence-corrected chi connectivity index (χ4v) is 3.03. The highest BCUT2D eigenvalue weighted by Gasteiger charge is 2.11. The van der Waals surface area contributed by atoms with E-state index >= 15 is 0 Å². The van der Waals surface area contributed by atoms with Crippen molar-refractivity contribution in [2.45, 2.75) is 6.92 Å². The molecule has 1 heterocycles. The minimum atomic E-state index is -0.366. The topological polar surface area (TPSA) is 79.4 Å². The average Bonchev–Trinajstić information content (AvgIpc) is 3.25. The summed E-state index contributed by atoms with van der Waals surface area (Å²) in [6, 6.07) is 23.4. The summed E-state index contributed by atoms with van der Waals surface area (Å²) in [4.78, 5) is 12.4. The molecule has 29 heavy (non-hydrogen) atoms. The van der Waals surface area contributed by atoms with Crippen molar-refractivity contribution < 1.29 is 9.53 Å². The number of amides is 1. The van der Waals surface area contributed by atoms with Crippen molar-refractivity contribution in [2.24, 2.45) is 5.10 Å². The smallest absolute Gasteiger partial charge is 0.289 e. The molecule has 0 spiro atoms. The highest BCUT2D eigenvalue weighted by Crippen LogP contribution is 2.23. The van der Waals surface area contributed by atoms with Crippen LogP contribution < -0.4 is 10.2 Å². The van der Waals surface area contributed by atoms with Gasteiger partial charge in [0, 0.05) is 11.1 Å². The van der Waals surface area contributed by atoms with Gasteiger partial charge in [-0.25, -0.2) is 5.43 Å². The van der Waals surface area contributed by atoms with Crippen LogP contribution in [0.3, 0.4) is 0 Å². The van der Waals surface area contributed by atoms with Crippen molar-refractivity contribution >= 4 is 22.9 Å². The Labute approximate surface area is 168 Å². The largest absolute Gasteiger partial charge is 0.493 e. The van der Waals surface area contributed by atoms with Crippen LogP contribution in [0.1, 0.15) is 23.0 Å². The first-order valence-corrected chi connectivity index (χ1v) is 9.34. The number of nitrogens with zero attached hydrogens (tertiary/aromatic N) is 2. The summed E-state index contributed by atoms with van der Waals surface area (Å²) in [6.45, 7) is 2.48. The second-order valence-electron chi connectivity index (χ2n) is 6.40. The number of aromatic amines is 1. The maximum absolute atomic E-state index is 12.4. The number of para-hydroxylation sites is 1. The van der Waals surface area contributed by atoms with E-state index in [1.165, 1.54) is 0 Å². The third-order valence-electron chi connectivity index (χ3n) is 4.46. The molecule has 144 valence electrons. The van der Waals surface area contributed by atoms with Gasteiger partial charge in [-0.05, 0) is 42.0 Å². The average molecular weight is 384 g/mol. The van der Waals surface area contributed by atoms with Gasteiger partial charge in [0.25, 0.3) is 5.91 Å². The van der Waals surface area contributed by atoms with Crippen LogP contribution in [0.4, 0.5) is 0 Å². The highest BCUT2D eigenvalue weighted by molar-refractivity contribution is 5.95. The molecule has 0 radical (unpaired) electrons. The summed E-state index contributed by atoms with van der Waals surface area (Å²) in [7, 11) is 0. The second-order valence-corrected chi connectivity index (χ2v) is 6.40. The number of rotatable bonds is 6. The fraction of sp³-hybridized carbons (Fsp3) is 0.0870. The van der Waals surface area contributed by atoms with Crippen LogP contribution in [0.25, 0.3) is 22.0 Å². The molecule has 0 fully saturated rings. The predicted molar refractivity (Wildman–Crippen MR) is 114 cm³/mol. The third kappa shape index (κ3) is 4.16. The summed E-state index contributed by atoms with van der Waals surface area (Å²) in [6.07, 6.45) is 1.56. The Morgan fingerprint density at radius 3 is 2.72 bits per heavy atom. The molecule has 4 rings (SSSR count). The number of hydrazone groups is 1. The minimum absolute atomic E-state index is 0.336. The van der Waals surface area contributed by atoms with Gasteiger partial charge in [-0.15, -0.1) is 0 Å². The Bertz CT molecular complexity index is 1180. The number of carbonyl (C=O) groups is 1. The SMILES string of the molecule is CCOc1ccccc1C=NNC(=O)c1cc(-c2ccc3ccccc3c2)n[nH]1. The number of hydrogen-bond donors (Lipinski definition) is 2. The van der Waals surface area contributed by atoms with E-state index in [-0.39, 0.29) is 5.91 Å². The molecule has 0 atom stereocenters. The number of hydrogen-bond acceptors (Lipinski definition) is 4. The van der Waals surface area contributed by atoms with Crippen molar-refractivity contribution in [1.82, 2.24) is 15.6 Å². The van der Waals surface area contributed by atoms with E-state index in [4.69, 9.17) is 4.74 Å². The van der Waals surface area contributed by atoms with E-state index in [0.717, 1.165) is 21.9 Å². The first-order chi connectivity index (χ1) is 14.2. The van der Waals surface area contributed by atoms with Crippen LogP contribution in [-0.4, -0.2) is 28.9 Å². The zero-order valence-corrected chi connectivity index (χ0v) is 15.9. The van der Waals surface area contributed by atoms with Gasteiger partial charge >= 0.3 is 0 Å². The van der Waals surface area contributed by atoms with Crippen LogP contribution in [0, 0.1) is 0 Å². The number of aromatic nitrogens is 2. The van der Waals surface area contributed by atoms with E-state index in [1.54, 1.807) is 12.3 Å². The Kier molecular flexibility index (Phi) is 5.33. The van der Waals surface area contributed by atoms with E-state index in [0.29, 0.717) is 23.7 Å². The number of fused-ring (bicyclic) bond motifs is 1. The number of ether oxygens (including phenoxy) is 1.